The van der Waals surface area contributed by atoms with Crippen molar-refractivity contribution in [2.75, 3.05) is 26.1 Å². The summed E-state index contributed by atoms with van der Waals surface area (Å²) in [6.07, 6.45) is -0.849. The maximum absolute atomic E-state index is 11.9. The van der Waals surface area contributed by atoms with E-state index in [9.17, 15) is 15.0 Å². The molecule has 2 aromatic rings. The van der Waals surface area contributed by atoms with Crippen LogP contribution in [0.25, 0.3) is 0 Å². The fourth-order valence-electron chi connectivity index (χ4n) is 5.01. The molecule has 3 N–H and O–H groups in total. The summed E-state index contributed by atoms with van der Waals surface area (Å²) in [5.41, 5.74) is 1.59. The van der Waals surface area contributed by atoms with E-state index in [1.165, 1.54) is 12.1 Å². The third kappa shape index (κ3) is 5.30. The van der Waals surface area contributed by atoms with Crippen LogP contribution in [0.2, 0.25) is 18.6 Å². The van der Waals surface area contributed by atoms with Crippen molar-refractivity contribution in [1.82, 2.24) is 0 Å². The highest BCUT2D eigenvalue weighted by Crippen LogP contribution is 2.47. The van der Waals surface area contributed by atoms with Crippen LogP contribution in [-0.2, 0) is 9.53 Å². The lowest BCUT2D eigenvalue weighted by atomic mass is 9.86. The maximum Gasteiger partial charge on any atom is 0.252 e. The van der Waals surface area contributed by atoms with E-state index in [1.807, 2.05) is 24.3 Å². The molecule has 1 heterocycles. The van der Waals surface area contributed by atoms with Crippen LogP contribution in [0.5, 0.6) is 11.5 Å². The molecule has 8 heteroatoms. The molecule has 5 atom stereocenters. The molecule has 0 spiro atoms. The first-order chi connectivity index (χ1) is 16.1. The summed E-state index contributed by atoms with van der Waals surface area (Å²) in [4.78, 5) is 11.9. The Bertz CT molecular complexity index is 978. The molecule has 2 aromatic carbocycles. The van der Waals surface area contributed by atoms with Crippen molar-refractivity contribution in [3.05, 3.63) is 48.0 Å². The molecule has 0 saturated heterocycles. The molecule has 0 fully saturated rings. The average molecular weight is 488 g/mol. The summed E-state index contributed by atoms with van der Waals surface area (Å²) in [5.74, 6) is 1.09. The first-order valence-corrected chi connectivity index (χ1v) is 14.8. The van der Waals surface area contributed by atoms with E-state index in [0.29, 0.717) is 17.9 Å². The largest absolute Gasteiger partial charge is 0.497 e. The first-order valence-electron chi connectivity index (χ1n) is 11.7. The van der Waals surface area contributed by atoms with Crippen LogP contribution < -0.4 is 20.0 Å². The average Bonchev–Trinajstić information content (AvgIpc) is 2.82. The summed E-state index contributed by atoms with van der Waals surface area (Å²) in [7, 11) is 1.26. The lowest BCUT2D eigenvalue weighted by molar-refractivity contribution is -0.123. The van der Waals surface area contributed by atoms with Crippen LogP contribution in [0.1, 0.15) is 31.9 Å². The van der Waals surface area contributed by atoms with Gasteiger partial charge in [0.15, 0.2) is 0 Å². The number of hydrogen-bond donors (Lipinski definition) is 3. The second-order valence-corrected chi connectivity index (χ2v) is 14.3. The van der Waals surface area contributed by atoms with Crippen LogP contribution in [0.15, 0.2) is 42.5 Å². The third-order valence-corrected chi connectivity index (χ3v) is 11.4. The highest BCUT2D eigenvalue weighted by molar-refractivity contribution is 6.91. The smallest absolute Gasteiger partial charge is 0.252 e. The minimum Gasteiger partial charge on any atom is -0.497 e. The van der Waals surface area contributed by atoms with Gasteiger partial charge in [0.2, 0.25) is 0 Å². The Labute approximate surface area is 203 Å². The Kier molecular flexibility index (Phi) is 8.41. The van der Waals surface area contributed by atoms with E-state index in [0.717, 1.165) is 11.3 Å². The summed E-state index contributed by atoms with van der Waals surface area (Å²) in [6, 6.07) is 13.7. The minimum atomic E-state index is -2.08. The number of ether oxygens (including phenoxy) is 3. The van der Waals surface area contributed by atoms with Crippen molar-refractivity contribution in [3.8, 4) is 11.5 Å². The topological polar surface area (TPSA) is 97.2 Å². The molecule has 3 rings (SSSR count). The Morgan fingerprint density at radius 1 is 1.18 bits per heavy atom. The number of fused-ring (bicyclic) bond motifs is 1. The van der Waals surface area contributed by atoms with E-state index >= 15 is 0 Å². The number of benzene rings is 2. The summed E-state index contributed by atoms with van der Waals surface area (Å²) >= 11 is 0. The van der Waals surface area contributed by atoms with Crippen LogP contribution in [0, 0.1) is 5.92 Å². The zero-order valence-electron chi connectivity index (χ0n) is 20.9. The summed E-state index contributed by atoms with van der Waals surface area (Å²) < 4.78 is 17.9. The van der Waals surface area contributed by atoms with Gasteiger partial charge >= 0.3 is 0 Å². The van der Waals surface area contributed by atoms with Gasteiger partial charge in [-0.05, 0) is 49.2 Å². The highest BCUT2D eigenvalue weighted by Gasteiger charge is 2.46. The Balaban J connectivity index is 1.96. The minimum absolute atomic E-state index is 0.0155. The molecule has 1 unspecified atom stereocenters. The summed E-state index contributed by atoms with van der Waals surface area (Å²) in [5, 5.41) is 23.5. The van der Waals surface area contributed by atoms with Crippen molar-refractivity contribution >= 4 is 24.9 Å². The fourth-order valence-corrected chi connectivity index (χ4v) is 8.51. The van der Waals surface area contributed by atoms with E-state index in [2.05, 4.69) is 37.5 Å². The van der Waals surface area contributed by atoms with Crippen LogP contribution in [-0.4, -0.2) is 57.2 Å². The van der Waals surface area contributed by atoms with Crippen LogP contribution >= 0.6 is 0 Å². The number of carbonyl (C=O) groups excluding carboxylic acids is 1. The van der Waals surface area contributed by atoms with E-state index in [4.69, 9.17) is 14.2 Å². The van der Waals surface area contributed by atoms with Crippen molar-refractivity contribution in [3.63, 3.8) is 0 Å². The first kappa shape index (κ1) is 26.2. The molecule has 34 heavy (non-hydrogen) atoms. The quantitative estimate of drug-likeness (QED) is 0.469. The van der Waals surface area contributed by atoms with Crippen LogP contribution in [0.3, 0.4) is 0 Å². The molecule has 0 aliphatic carbocycles. The van der Waals surface area contributed by atoms with Gasteiger partial charge in [0.25, 0.3) is 5.91 Å². The van der Waals surface area contributed by atoms with Gasteiger partial charge in [-0.25, -0.2) is 0 Å². The van der Waals surface area contributed by atoms with Gasteiger partial charge in [-0.1, -0.05) is 37.3 Å². The predicted octanol–water partition coefficient (Wildman–Crippen LogP) is 3.47. The maximum atomic E-state index is 11.9. The number of anilines is 1. The van der Waals surface area contributed by atoms with Gasteiger partial charge in [-0.2, -0.15) is 0 Å². The van der Waals surface area contributed by atoms with Gasteiger partial charge in [0, 0.05) is 30.9 Å². The lowest BCUT2D eigenvalue weighted by Crippen LogP contribution is -2.54. The van der Waals surface area contributed by atoms with Crippen molar-refractivity contribution in [2.24, 2.45) is 5.92 Å². The number of rotatable bonds is 9. The van der Waals surface area contributed by atoms with Crippen molar-refractivity contribution in [1.29, 1.82) is 0 Å². The normalized spacial score (nSPS) is 21.7. The van der Waals surface area contributed by atoms with Gasteiger partial charge in [-0.3, -0.25) is 4.79 Å². The number of aliphatic hydroxyl groups excluding tert-OH is 2. The van der Waals surface area contributed by atoms with E-state index < -0.39 is 20.1 Å². The molecule has 1 aliphatic heterocycles. The van der Waals surface area contributed by atoms with Gasteiger partial charge in [0.1, 0.15) is 23.7 Å². The van der Waals surface area contributed by atoms with E-state index in [1.54, 1.807) is 20.3 Å². The van der Waals surface area contributed by atoms with Gasteiger partial charge < -0.3 is 29.7 Å². The van der Waals surface area contributed by atoms with Crippen molar-refractivity contribution in [2.45, 2.75) is 57.2 Å². The Morgan fingerprint density at radius 2 is 1.85 bits per heavy atom. The van der Waals surface area contributed by atoms with E-state index in [-0.39, 0.29) is 30.3 Å². The van der Waals surface area contributed by atoms with Crippen LogP contribution in [0.4, 0.5) is 5.69 Å². The summed E-state index contributed by atoms with van der Waals surface area (Å²) in [6.45, 7) is 8.26. The van der Waals surface area contributed by atoms with Gasteiger partial charge in [-0.15, -0.1) is 0 Å². The zero-order chi connectivity index (χ0) is 25.0. The number of methoxy groups -OCH3 is 2. The predicted molar refractivity (Wildman–Crippen MR) is 136 cm³/mol. The third-order valence-electron chi connectivity index (χ3n) is 7.07. The number of hydrogen-bond acceptors (Lipinski definition) is 6. The standard InChI is InChI=1S/C26H37NO6Si/c1-16-24(32-4)21-15-18(27-26(30)17(2)29)7-12-22(21)33-25(16)23(13-14-28)34(5,6)20-10-8-19(31-3)9-11-20/h7-12,15-17,23-25,28-29H,13-14H2,1-6H3,(H,27,30)/t16-,17-,23?,24-,25-/m0/s1. The molecule has 1 amide bonds. The second kappa shape index (κ2) is 10.9. The molecular weight excluding hydrogens is 450 g/mol. The number of nitrogens with one attached hydrogen (secondary N) is 1. The second-order valence-electron chi connectivity index (χ2n) is 9.58. The molecule has 0 radical (unpaired) electrons. The monoisotopic (exact) mass is 487 g/mol. The highest BCUT2D eigenvalue weighted by atomic mass is 28.3. The zero-order valence-corrected chi connectivity index (χ0v) is 21.9. The molecule has 1 aliphatic rings. The molecule has 186 valence electrons. The molecule has 0 saturated carbocycles. The molecular formula is C26H37NO6Si. The Morgan fingerprint density at radius 3 is 2.41 bits per heavy atom. The lowest BCUT2D eigenvalue weighted by Gasteiger charge is -2.45. The molecule has 0 bridgehead atoms. The Hall–Kier alpha value is -2.39. The fraction of sp³-hybridized carbons (Fsp3) is 0.500. The number of amides is 1. The molecule has 7 nitrogen and oxygen atoms in total. The number of aliphatic hydroxyl groups is 2. The SMILES string of the molecule is COc1ccc([Si](C)(C)C(CCO)[C@H]2Oc3ccc(NC(=O)[C@H](C)O)cc3[C@@H](OC)[C@@H]2C)cc1. The van der Waals surface area contributed by atoms with Crippen molar-refractivity contribution < 1.29 is 29.2 Å². The van der Waals surface area contributed by atoms with Gasteiger partial charge in [0.05, 0.1) is 21.3 Å². The number of carbonyl (C=O) groups is 1. The molecule has 0 aromatic heterocycles.